The molecule has 1 aliphatic heterocycles. The van der Waals surface area contributed by atoms with Gasteiger partial charge in [-0.05, 0) is 22.0 Å². The van der Waals surface area contributed by atoms with Gasteiger partial charge in [-0.3, -0.25) is 9.59 Å². The van der Waals surface area contributed by atoms with E-state index in [0.717, 1.165) is 16.2 Å². The highest BCUT2D eigenvalue weighted by Crippen LogP contribution is 2.32. The topological polar surface area (TPSA) is 93.4 Å². The first-order valence-corrected chi connectivity index (χ1v) is 6.05. The predicted molar refractivity (Wildman–Crippen MR) is 66.4 cm³/mol. The molecular weight excluding hydrogens is 270 g/mol. The average molecular weight is 275 g/mol. The molecule has 19 heavy (non-hydrogen) atoms. The number of nitro groups is 1. The van der Waals surface area contributed by atoms with Crippen LogP contribution in [0.3, 0.4) is 0 Å². The first kappa shape index (κ1) is 11.5. The standard InChI is InChI=1S/C11H5N3O4S/c15-9-6-3-1-2-4-7(6)10(16)13(9)11-12-8(5-19-11)14(17)18/h1-5H. The van der Waals surface area contributed by atoms with Crippen molar-refractivity contribution in [2.75, 3.05) is 4.90 Å². The van der Waals surface area contributed by atoms with Gasteiger partial charge in [0.1, 0.15) is 0 Å². The largest absolute Gasteiger partial charge is 0.377 e. The molecule has 0 atom stereocenters. The number of fused-ring (bicyclic) bond motifs is 1. The second kappa shape index (κ2) is 3.95. The van der Waals surface area contributed by atoms with Gasteiger partial charge in [-0.15, -0.1) is 0 Å². The molecule has 0 aliphatic carbocycles. The maximum Gasteiger partial charge on any atom is 0.377 e. The van der Waals surface area contributed by atoms with Crippen LogP contribution in [-0.2, 0) is 0 Å². The van der Waals surface area contributed by atoms with Crippen molar-refractivity contribution in [1.82, 2.24) is 4.98 Å². The number of aromatic nitrogens is 1. The zero-order chi connectivity index (χ0) is 13.6. The number of thiazole rings is 1. The molecule has 1 aromatic heterocycles. The summed E-state index contributed by atoms with van der Waals surface area (Å²) < 4.78 is 0. The highest BCUT2D eigenvalue weighted by Gasteiger charge is 2.40. The van der Waals surface area contributed by atoms with Crippen molar-refractivity contribution in [1.29, 1.82) is 0 Å². The van der Waals surface area contributed by atoms with Crippen molar-refractivity contribution in [3.05, 3.63) is 50.9 Å². The number of nitrogens with zero attached hydrogens (tertiary/aromatic N) is 3. The van der Waals surface area contributed by atoms with Gasteiger partial charge in [0.2, 0.25) is 0 Å². The number of hydrogen-bond donors (Lipinski definition) is 0. The molecule has 0 bridgehead atoms. The number of carbonyl (C=O) groups excluding carboxylic acids is 2. The first-order chi connectivity index (χ1) is 9.09. The van der Waals surface area contributed by atoms with E-state index < -0.39 is 16.7 Å². The second-order valence-electron chi connectivity index (χ2n) is 3.74. The summed E-state index contributed by atoms with van der Waals surface area (Å²) in [5.74, 6) is -1.40. The molecule has 2 heterocycles. The zero-order valence-electron chi connectivity index (χ0n) is 9.27. The Morgan fingerprint density at radius 1 is 1.16 bits per heavy atom. The lowest BCUT2D eigenvalue weighted by atomic mass is 10.1. The number of imide groups is 1. The summed E-state index contributed by atoms with van der Waals surface area (Å²) in [7, 11) is 0. The van der Waals surface area contributed by atoms with Crippen molar-refractivity contribution < 1.29 is 14.5 Å². The Bertz CT molecular complexity index is 689. The van der Waals surface area contributed by atoms with Gasteiger partial charge in [0.05, 0.1) is 16.5 Å². The molecular formula is C11H5N3O4S. The average Bonchev–Trinajstić information content (AvgIpc) is 2.96. The van der Waals surface area contributed by atoms with Crippen LogP contribution in [-0.4, -0.2) is 21.7 Å². The van der Waals surface area contributed by atoms with E-state index in [2.05, 4.69) is 4.98 Å². The van der Waals surface area contributed by atoms with E-state index in [0.29, 0.717) is 0 Å². The minimum atomic E-state index is -0.668. The Kier molecular flexibility index (Phi) is 2.39. The number of rotatable bonds is 2. The molecule has 2 amide bonds. The molecule has 7 nitrogen and oxygen atoms in total. The quantitative estimate of drug-likeness (QED) is 0.473. The molecule has 0 saturated carbocycles. The van der Waals surface area contributed by atoms with Crippen LogP contribution in [0.5, 0.6) is 0 Å². The number of hydrogen-bond acceptors (Lipinski definition) is 6. The minimum absolute atomic E-state index is 0.0119. The molecule has 1 aliphatic rings. The lowest BCUT2D eigenvalue weighted by Crippen LogP contribution is -2.29. The Morgan fingerprint density at radius 3 is 2.21 bits per heavy atom. The summed E-state index contributed by atoms with van der Waals surface area (Å²) in [5.41, 5.74) is 0.565. The van der Waals surface area contributed by atoms with Crippen molar-refractivity contribution in [2.45, 2.75) is 0 Å². The summed E-state index contributed by atoms with van der Waals surface area (Å²) in [6, 6.07) is 6.38. The zero-order valence-corrected chi connectivity index (χ0v) is 10.1. The van der Waals surface area contributed by atoms with Crippen molar-refractivity contribution >= 4 is 34.1 Å². The monoisotopic (exact) mass is 275 g/mol. The Balaban J connectivity index is 2.06. The molecule has 0 fully saturated rings. The summed E-state index contributed by atoms with van der Waals surface area (Å²) in [5, 5.41) is 11.8. The molecule has 0 N–H and O–H groups in total. The molecule has 1 aromatic carbocycles. The van der Waals surface area contributed by atoms with E-state index >= 15 is 0 Å². The summed E-state index contributed by atoms with van der Waals surface area (Å²) in [6.45, 7) is 0. The number of benzene rings is 1. The van der Waals surface area contributed by atoms with Gasteiger partial charge in [0.25, 0.3) is 11.8 Å². The van der Waals surface area contributed by atoms with Gasteiger partial charge in [0, 0.05) is 0 Å². The number of carbonyl (C=O) groups is 2. The lowest BCUT2D eigenvalue weighted by molar-refractivity contribution is -0.389. The predicted octanol–water partition coefficient (Wildman–Crippen LogP) is 1.85. The smallest absolute Gasteiger partial charge is 0.358 e. The lowest BCUT2D eigenvalue weighted by Gasteiger charge is -2.04. The van der Waals surface area contributed by atoms with Gasteiger partial charge >= 0.3 is 10.9 Å². The third-order valence-electron chi connectivity index (χ3n) is 2.65. The van der Waals surface area contributed by atoms with Gasteiger partial charge in [-0.2, -0.15) is 4.90 Å². The van der Waals surface area contributed by atoms with E-state index in [1.807, 2.05) is 0 Å². The van der Waals surface area contributed by atoms with Crippen molar-refractivity contribution in [3.8, 4) is 0 Å². The third kappa shape index (κ3) is 1.61. The van der Waals surface area contributed by atoms with Crippen molar-refractivity contribution in [3.63, 3.8) is 0 Å². The first-order valence-electron chi connectivity index (χ1n) is 5.17. The van der Waals surface area contributed by atoms with Gasteiger partial charge in [-0.1, -0.05) is 23.5 Å². The van der Waals surface area contributed by atoms with Crippen LogP contribution >= 0.6 is 11.3 Å². The van der Waals surface area contributed by atoms with E-state index in [1.54, 1.807) is 12.1 Å². The highest BCUT2D eigenvalue weighted by molar-refractivity contribution is 7.14. The maximum atomic E-state index is 12.1. The fourth-order valence-electron chi connectivity index (χ4n) is 1.81. The summed E-state index contributed by atoms with van der Waals surface area (Å²) >= 11 is 0.885. The normalized spacial score (nSPS) is 13.8. The van der Waals surface area contributed by atoms with Crippen LogP contribution in [0, 0.1) is 10.1 Å². The van der Waals surface area contributed by atoms with E-state index in [9.17, 15) is 19.7 Å². The van der Waals surface area contributed by atoms with E-state index in [-0.39, 0.29) is 22.1 Å². The minimum Gasteiger partial charge on any atom is -0.358 e. The molecule has 94 valence electrons. The van der Waals surface area contributed by atoms with Crippen LogP contribution in [0.15, 0.2) is 29.6 Å². The molecule has 3 rings (SSSR count). The SMILES string of the molecule is O=C1c2ccccc2C(=O)N1c1nc([N+](=O)[O-])cs1. The fourth-order valence-corrected chi connectivity index (χ4v) is 2.57. The summed E-state index contributed by atoms with van der Waals surface area (Å²) in [6.07, 6.45) is 0. The summed E-state index contributed by atoms with van der Waals surface area (Å²) in [4.78, 5) is 38.6. The van der Waals surface area contributed by atoms with E-state index in [1.165, 1.54) is 17.5 Å². The number of amides is 2. The molecule has 0 spiro atoms. The van der Waals surface area contributed by atoms with E-state index in [4.69, 9.17) is 0 Å². The molecule has 8 heteroatoms. The van der Waals surface area contributed by atoms with Crippen LogP contribution in [0.4, 0.5) is 10.9 Å². The Hall–Kier alpha value is -2.61. The van der Waals surface area contributed by atoms with Crippen LogP contribution < -0.4 is 4.90 Å². The molecule has 0 radical (unpaired) electrons. The van der Waals surface area contributed by atoms with Gasteiger partial charge in [0.15, 0.2) is 0 Å². The number of anilines is 1. The van der Waals surface area contributed by atoms with Crippen LogP contribution in [0.1, 0.15) is 20.7 Å². The van der Waals surface area contributed by atoms with Gasteiger partial charge in [-0.25, -0.2) is 0 Å². The van der Waals surface area contributed by atoms with Gasteiger partial charge < -0.3 is 10.1 Å². The fraction of sp³-hybridized carbons (Fsp3) is 0. The second-order valence-corrected chi connectivity index (χ2v) is 4.57. The van der Waals surface area contributed by atoms with Crippen molar-refractivity contribution in [2.24, 2.45) is 0 Å². The van der Waals surface area contributed by atoms with Crippen LogP contribution in [0.2, 0.25) is 0 Å². The molecule has 2 aromatic rings. The molecule has 0 unspecified atom stereocenters. The molecule has 0 saturated heterocycles. The van der Waals surface area contributed by atoms with Crippen LogP contribution in [0.25, 0.3) is 0 Å². The maximum absolute atomic E-state index is 12.1. The highest BCUT2D eigenvalue weighted by atomic mass is 32.1. The third-order valence-corrected chi connectivity index (χ3v) is 3.47. The Morgan fingerprint density at radius 2 is 1.74 bits per heavy atom. The Labute approximate surface area is 110 Å².